The van der Waals surface area contributed by atoms with Crippen molar-refractivity contribution in [2.75, 3.05) is 32.9 Å². The number of unbranched alkanes of at least 4 members (excludes halogenated alkanes) is 2. The Bertz CT molecular complexity index is 1220. The van der Waals surface area contributed by atoms with Crippen LogP contribution in [0.2, 0.25) is 0 Å². The molecule has 522 valence electrons. The standard InChI is InChI=1S/C16H30N2O5.C6H16N4O.3C6H12O3.16CH4.4H3N/c1-15(2,3)22-13(20)12(19)11(9-7-8-10-17)18-14(21)23-16(4,5)6;7-4-2-1-3-5(10-9)6(8)11;3*1-6(2,3)9-5(8)4-7;;;;;;;;;;;;;;;;;;;;/h11H,7-10,17H2,1-6H3,(H,18,21);5,10H,1-4,7,9H2,(H2,8,11);3*7H,4H2,1-3H3;16*1H4;4*1H3/t11-;5-;;;;;;;;;;;;;;;;;;;;;;;/m00......................./s1. The third-order valence-corrected chi connectivity index (χ3v) is 5.69. The van der Waals surface area contributed by atoms with Crippen molar-refractivity contribution >= 4 is 41.7 Å². The second kappa shape index (κ2) is 84.7. The molecule has 0 aliphatic rings. The number of nitrogens with one attached hydrogen (secondary N) is 2. The minimum absolute atomic E-state index is 0. The summed E-state index contributed by atoms with van der Waals surface area (Å²) in [6.45, 7) is 25.4. The summed E-state index contributed by atoms with van der Waals surface area (Å²) in [7, 11) is 0. The lowest BCUT2D eigenvalue weighted by molar-refractivity contribution is -0.163. The van der Waals surface area contributed by atoms with Crippen LogP contribution in [0.4, 0.5) is 4.79 Å². The van der Waals surface area contributed by atoms with E-state index in [1.807, 2.05) is 0 Å². The zero-order valence-electron chi connectivity index (χ0n) is 42.3. The normalized spacial score (nSPS) is 9.20. The van der Waals surface area contributed by atoms with Crippen molar-refractivity contribution in [3.8, 4) is 0 Å². The lowest BCUT2D eigenvalue weighted by Crippen LogP contribution is -2.47. The molecule has 81 heavy (non-hydrogen) atoms. The number of hydrazine groups is 1. The number of rotatable bonds is 16. The molecule has 0 rings (SSSR count). The molecule has 0 aliphatic carbocycles. The summed E-state index contributed by atoms with van der Waals surface area (Å²) in [5, 5.41) is 27.1. The minimum atomic E-state index is -0.980. The molecule has 2 amide bonds. The average Bonchev–Trinajstić information content (AvgIpc) is 3.06. The predicted octanol–water partition coefficient (Wildman–Crippen LogP) is 12.1. The Kier molecular flexibility index (Phi) is 172. The van der Waals surface area contributed by atoms with Gasteiger partial charge in [0.2, 0.25) is 5.91 Å². The molecule has 0 aliphatic heterocycles. The molecule has 0 radical (unpaired) electrons. The molecule has 25 heteroatoms. The Labute approximate surface area is 505 Å². The molecule has 0 aromatic carbocycles. The molecular weight excluding hydrogens is 1050 g/mol. The SMILES string of the molecule is C.C.C.C.C.C.C.C.C.C.C.C.C.C.C.C.CC(C)(C)OC(=O)CO.CC(C)(C)OC(=O)CO.CC(C)(C)OC(=O)CO.CC(C)(C)OC(=O)N[C@@H](CCCCN)C(=O)C(=O)OC(C)(C)C.N.N.N.N.NCCCC[C@H](NN)C(N)=O. The highest BCUT2D eigenvalue weighted by Crippen LogP contribution is 2.12. The second-order valence-electron chi connectivity index (χ2n) is 18.0. The van der Waals surface area contributed by atoms with Gasteiger partial charge in [0.1, 0.15) is 53.9 Å². The van der Waals surface area contributed by atoms with E-state index in [1.54, 1.807) is 104 Å². The van der Waals surface area contributed by atoms with E-state index in [0.717, 1.165) is 12.8 Å². The van der Waals surface area contributed by atoms with Gasteiger partial charge in [0.15, 0.2) is 0 Å². The molecule has 0 heterocycles. The number of nitrogens with two attached hydrogens (primary N) is 4. The van der Waals surface area contributed by atoms with Crippen molar-refractivity contribution in [2.24, 2.45) is 23.0 Å². The lowest BCUT2D eigenvalue weighted by atomic mass is 10.0. The maximum atomic E-state index is 12.2. The van der Waals surface area contributed by atoms with Crippen molar-refractivity contribution in [1.29, 1.82) is 0 Å². The fourth-order valence-electron chi connectivity index (χ4n) is 3.60. The van der Waals surface area contributed by atoms with Crippen LogP contribution in [0, 0.1) is 0 Å². The first-order chi connectivity index (χ1) is 27.4. The van der Waals surface area contributed by atoms with Gasteiger partial charge in [-0.25, -0.2) is 29.4 Å². The highest BCUT2D eigenvalue weighted by Gasteiger charge is 2.32. The number of amides is 2. The molecule has 0 bridgehead atoms. The number of hydrogen-bond donors (Lipinski definition) is 13. The predicted molar refractivity (Wildman–Crippen MR) is 357 cm³/mol. The first-order valence-electron chi connectivity index (χ1n) is 19.8. The maximum Gasteiger partial charge on any atom is 0.408 e. The molecule has 0 unspecified atom stereocenters. The third-order valence-electron chi connectivity index (χ3n) is 5.69. The average molecular weight is 1210 g/mol. The largest absolute Gasteiger partial charge is 0.458 e. The highest BCUT2D eigenvalue weighted by atomic mass is 16.6. The molecule has 0 fully saturated rings. The number of aliphatic hydroxyl groups is 3. The van der Waals surface area contributed by atoms with Gasteiger partial charge >= 0.3 is 30.0 Å². The van der Waals surface area contributed by atoms with Crippen LogP contribution in [0.5, 0.6) is 0 Å². The second-order valence-corrected chi connectivity index (χ2v) is 18.0. The first-order valence-corrected chi connectivity index (χ1v) is 19.8. The molecule has 0 aromatic heterocycles. The van der Waals surface area contributed by atoms with Crippen molar-refractivity contribution in [1.82, 2.24) is 35.3 Å². The number of carbonyl (C=O) groups excluding carboxylic acids is 7. The van der Waals surface area contributed by atoms with E-state index in [-0.39, 0.29) is 143 Å². The summed E-state index contributed by atoms with van der Waals surface area (Å²) in [5.74, 6) is 1.16. The quantitative estimate of drug-likeness (QED) is 0.0170. The topological polar surface area (TPSA) is 494 Å². The van der Waals surface area contributed by atoms with Crippen LogP contribution in [0.1, 0.15) is 261 Å². The summed E-state index contributed by atoms with van der Waals surface area (Å²) in [5.41, 5.74) is 15.1. The Balaban J connectivity index is -0.0000000208. The van der Waals surface area contributed by atoms with E-state index in [0.29, 0.717) is 38.8 Å². The van der Waals surface area contributed by atoms with Gasteiger partial charge in [-0.05, 0) is 149 Å². The van der Waals surface area contributed by atoms with Crippen LogP contribution >= 0.6 is 0 Å². The highest BCUT2D eigenvalue weighted by molar-refractivity contribution is 6.36. The van der Waals surface area contributed by atoms with Crippen LogP contribution in [-0.4, -0.2) is 130 Å². The number of ketones is 1. The van der Waals surface area contributed by atoms with E-state index < -0.39 is 102 Å². The van der Waals surface area contributed by atoms with E-state index in [2.05, 4.69) is 10.7 Å². The number of Topliss-reactive ketones (excluding diaryl/α,β-unsaturated/α-hetero) is 1. The van der Waals surface area contributed by atoms with Gasteiger partial charge in [0, 0.05) is 0 Å². The Morgan fingerprint density at radius 3 is 0.778 bits per heavy atom. The number of hydrogen-bond acceptors (Lipinski definition) is 23. The minimum Gasteiger partial charge on any atom is -0.458 e. The van der Waals surface area contributed by atoms with Gasteiger partial charge in [-0.1, -0.05) is 125 Å². The molecular formula is C56H158N10O15. The third kappa shape index (κ3) is 138. The van der Waals surface area contributed by atoms with E-state index >= 15 is 0 Å². The van der Waals surface area contributed by atoms with Gasteiger partial charge < -0.3 is 86.1 Å². The summed E-state index contributed by atoms with van der Waals surface area (Å²) >= 11 is 0. The summed E-state index contributed by atoms with van der Waals surface area (Å²) in [6.07, 6.45) is 3.27. The van der Waals surface area contributed by atoms with Gasteiger partial charge in [-0.3, -0.25) is 15.4 Å². The number of carbonyl (C=O) groups is 7. The van der Waals surface area contributed by atoms with E-state index in [1.165, 1.54) is 0 Å². The van der Waals surface area contributed by atoms with Crippen molar-refractivity contribution in [2.45, 2.75) is 301 Å². The Morgan fingerprint density at radius 1 is 0.395 bits per heavy atom. The summed E-state index contributed by atoms with van der Waals surface area (Å²) in [4.78, 5) is 77.6. The number of alkyl carbamates (subject to hydrolysis) is 1. The van der Waals surface area contributed by atoms with E-state index in [9.17, 15) is 33.6 Å². The maximum absolute atomic E-state index is 12.2. The molecule has 25 N–H and O–H groups in total. The molecule has 25 nitrogen and oxygen atoms in total. The number of esters is 4. The number of ether oxygens (including phenoxy) is 5. The summed E-state index contributed by atoms with van der Waals surface area (Å²) in [6, 6.07) is -1.40. The monoisotopic (exact) mass is 1210 g/mol. The van der Waals surface area contributed by atoms with Crippen molar-refractivity contribution < 1.29 is 72.6 Å². The molecule has 0 spiro atoms. The van der Waals surface area contributed by atoms with Crippen LogP contribution in [0.25, 0.3) is 0 Å². The van der Waals surface area contributed by atoms with Crippen molar-refractivity contribution in [3.05, 3.63) is 0 Å². The zero-order valence-corrected chi connectivity index (χ0v) is 42.3. The zero-order chi connectivity index (χ0) is 49.4. The molecule has 0 saturated carbocycles. The fraction of sp³-hybridized carbons (Fsp3) is 0.875. The van der Waals surface area contributed by atoms with Gasteiger partial charge in [0.05, 0.1) is 6.04 Å². The lowest BCUT2D eigenvalue weighted by Gasteiger charge is -2.24. The van der Waals surface area contributed by atoms with Crippen molar-refractivity contribution in [3.63, 3.8) is 0 Å². The van der Waals surface area contributed by atoms with Gasteiger partial charge in [-0.15, -0.1) is 0 Å². The molecule has 2 atom stereocenters. The van der Waals surface area contributed by atoms with E-state index in [4.69, 9.17) is 62.0 Å². The van der Waals surface area contributed by atoms with Crippen LogP contribution in [0.15, 0.2) is 0 Å². The van der Waals surface area contributed by atoms with Gasteiger partial charge in [-0.2, -0.15) is 0 Å². The molecule has 0 saturated heterocycles. The summed E-state index contributed by atoms with van der Waals surface area (Å²) < 4.78 is 24.3. The van der Waals surface area contributed by atoms with Crippen LogP contribution in [-0.2, 0) is 52.5 Å². The molecule has 0 aromatic rings. The Hall–Kier alpha value is -4.15. The number of aliphatic hydroxyl groups excluding tert-OH is 3. The van der Waals surface area contributed by atoms with Crippen LogP contribution in [0.3, 0.4) is 0 Å². The smallest absolute Gasteiger partial charge is 0.408 e. The fourth-order valence-corrected chi connectivity index (χ4v) is 3.60. The number of primary amides is 1. The first kappa shape index (κ1) is 164. The Morgan fingerprint density at radius 2 is 0.617 bits per heavy atom. The van der Waals surface area contributed by atoms with Gasteiger partial charge in [0.25, 0.3) is 5.78 Å². The van der Waals surface area contributed by atoms with Crippen LogP contribution < -0.4 is 58.4 Å².